The van der Waals surface area contributed by atoms with Crippen LogP contribution in [0.5, 0.6) is 0 Å². The second-order valence-electron chi connectivity index (χ2n) is 7.70. The van der Waals surface area contributed by atoms with E-state index in [0.717, 1.165) is 36.1 Å². The Labute approximate surface area is 190 Å². The number of carboxylic acids is 1. The lowest BCUT2D eigenvalue weighted by Gasteiger charge is -2.33. The average Bonchev–Trinajstić information content (AvgIpc) is 3.24. The van der Waals surface area contributed by atoms with Crippen LogP contribution in [0.25, 0.3) is 11.3 Å². The van der Waals surface area contributed by atoms with Gasteiger partial charge in [0, 0.05) is 22.5 Å². The van der Waals surface area contributed by atoms with Gasteiger partial charge < -0.3 is 5.11 Å². The summed E-state index contributed by atoms with van der Waals surface area (Å²) in [6.07, 6.45) is 2.36. The number of hydrogen-bond donors (Lipinski definition) is 1. The van der Waals surface area contributed by atoms with Gasteiger partial charge in [0.2, 0.25) is 5.91 Å². The number of aromatic nitrogens is 1. The number of nitrogens with zero attached hydrogens (tertiary/aromatic N) is 2. The molecule has 1 aliphatic heterocycles. The van der Waals surface area contributed by atoms with Crippen molar-refractivity contribution in [1.82, 2.24) is 4.98 Å². The predicted molar refractivity (Wildman–Crippen MR) is 124 cm³/mol. The van der Waals surface area contributed by atoms with E-state index in [0.29, 0.717) is 16.7 Å². The van der Waals surface area contributed by atoms with Gasteiger partial charge in [-0.3, -0.25) is 14.5 Å². The van der Waals surface area contributed by atoms with Crippen molar-refractivity contribution in [2.45, 2.75) is 31.6 Å². The van der Waals surface area contributed by atoms with Gasteiger partial charge in [-0.25, -0.2) is 4.98 Å². The van der Waals surface area contributed by atoms with Gasteiger partial charge in [-0.2, -0.15) is 0 Å². The highest BCUT2D eigenvalue weighted by Crippen LogP contribution is 2.38. The minimum absolute atomic E-state index is 0.129. The van der Waals surface area contributed by atoms with Gasteiger partial charge in [-0.15, -0.1) is 11.3 Å². The van der Waals surface area contributed by atoms with Gasteiger partial charge in [0.1, 0.15) is 0 Å². The van der Waals surface area contributed by atoms with Crippen LogP contribution >= 0.6 is 22.9 Å². The fourth-order valence-electron chi connectivity index (χ4n) is 4.21. The summed E-state index contributed by atoms with van der Waals surface area (Å²) in [5.41, 5.74) is 2.55. The van der Waals surface area contributed by atoms with E-state index in [9.17, 15) is 14.7 Å². The molecule has 1 fully saturated rings. The Hall–Kier alpha value is -2.70. The smallest absolute Gasteiger partial charge is 0.304 e. The third kappa shape index (κ3) is 4.81. The quantitative estimate of drug-likeness (QED) is 0.524. The summed E-state index contributed by atoms with van der Waals surface area (Å²) >= 11 is 7.70. The molecule has 0 aliphatic carbocycles. The maximum Gasteiger partial charge on any atom is 0.304 e. The zero-order valence-electron chi connectivity index (χ0n) is 16.9. The molecule has 3 aromatic rings. The summed E-state index contributed by atoms with van der Waals surface area (Å²) < 4.78 is 0. The number of carbonyl (C=O) groups excluding carboxylic acids is 1. The predicted octanol–water partition coefficient (Wildman–Crippen LogP) is 5.86. The van der Waals surface area contributed by atoms with Crippen LogP contribution in [-0.2, 0) is 9.59 Å². The highest BCUT2D eigenvalue weighted by Gasteiger charge is 2.37. The lowest BCUT2D eigenvalue weighted by molar-refractivity contribution is -0.141. The monoisotopic (exact) mass is 454 g/mol. The number of rotatable bonds is 5. The number of carbonyl (C=O) groups is 2. The second-order valence-corrected chi connectivity index (χ2v) is 8.95. The molecule has 2 heterocycles. The van der Waals surface area contributed by atoms with Crippen LogP contribution in [0.1, 0.15) is 37.2 Å². The zero-order valence-corrected chi connectivity index (χ0v) is 18.5. The van der Waals surface area contributed by atoms with Crippen molar-refractivity contribution in [1.29, 1.82) is 0 Å². The van der Waals surface area contributed by atoms with Crippen molar-refractivity contribution in [3.63, 3.8) is 0 Å². The Morgan fingerprint density at radius 1 is 1.13 bits per heavy atom. The molecule has 0 radical (unpaired) electrons. The van der Waals surface area contributed by atoms with Crippen LogP contribution in [0, 0.1) is 5.92 Å². The van der Waals surface area contributed by atoms with E-state index < -0.39 is 11.9 Å². The van der Waals surface area contributed by atoms with Crippen molar-refractivity contribution >= 4 is 39.9 Å². The van der Waals surface area contributed by atoms with Crippen molar-refractivity contribution in [3.05, 3.63) is 70.6 Å². The number of halogens is 1. The fourth-order valence-corrected chi connectivity index (χ4v) is 5.29. The van der Waals surface area contributed by atoms with Crippen molar-refractivity contribution in [3.8, 4) is 11.3 Å². The summed E-state index contributed by atoms with van der Waals surface area (Å²) in [7, 11) is 0. The van der Waals surface area contributed by atoms with E-state index >= 15 is 0 Å². The van der Waals surface area contributed by atoms with E-state index in [1.807, 2.05) is 60.0 Å². The van der Waals surface area contributed by atoms with Crippen LogP contribution < -0.4 is 4.90 Å². The Balaban J connectivity index is 1.68. The first-order chi connectivity index (χ1) is 15.0. The average molecular weight is 455 g/mol. The summed E-state index contributed by atoms with van der Waals surface area (Å²) in [4.78, 5) is 31.7. The van der Waals surface area contributed by atoms with E-state index in [4.69, 9.17) is 16.6 Å². The van der Waals surface area contributed by atoms with E-state index in [1.54, 1.807) is 4.90 Å². The zero-order chi connectivity index (χ0) is 21.8. The Bertz CT molecular complexity index is 1070. The maximum atomic E-state index is 13.6. The molecule has 4 rings (SSSR count). The molecule has 7 heteroatoms. The molecule has 0 spiro atoms. The molecule has 160 valence electrons. The molecule has 1 N–H and O–H groups in total. The number of aliphatic carboxylic acids is 1. The number of amides is 1. The lowest BCUT2D eigenvalue weighted by atomic mass is 9.79. The summed E-state index contributed by atoms with van der Waals surface area (Å²) in [5.74, 6) is -1.89. The SMILES string of the molecule is O=C(O)C[C@@H]1C(=O)N(c2nc(-c3ccccc3Cl)cs2)CCCC[C@@H]1c1ccccc1. The van der Waals surface area contributed by atoms with Gasteiger partial charge in [-0.1, -0.05) is 66.6 Å². The second kappa shape index (κ2) is 9.62. The highest BCUT2D eigenvalue weighted by atomic mass is 35.5. The van der Waals surface area contributed by atoms with E-state index in [-0.39, 0.29) is 18.2 Å². The Morgan fingerprint density at radius 3 is 2.61 bits per heavy atom. The first-order valence-corrected chi connectivity index (χ1v) is 11.6. The number of carboxylic acid groups (broad SMARTS) is 1. The van der Waals surface area contributed by atoms with Crippen molar-refractivity contribution < 1.29 is 14.7 Å². The molecule has 1 saturated heterocycles. The number of benzene rings is 2. The summed E-state index contributed by atoms with van der Waals surface area (Å²) in [6, 6.07) is 17.2. The van der Waals surface area contributed by atoms with Gasteiger partial charge in [-0.05, 0) is 30.4 Å². The molecule has 31 heavy (non-hydrogen) atoms. The highest BCUT2D eigenvalue weighted by molar-refractivity contribution is 7.14. The molecule has 5 nitrogen and oxygen atoms in total. The van der Waals surface area contributed by atoms with Crippen LogP contribution in [0.2, 0.25) is 5.02 Å². The van der Waals surface area contributed by atoms with Crippen molar-refractivity contribution in [2.24, 2.45) is 5.92 Å². The van der Waals surface area contributed by atoms with Crippen LogP contribution in [0.4, 0.5) is 5.13 Å². The minimum atomic E-state index is -0.962. The molecule has 0 saturated carbocycles. The largest absolute Gasteiger partial charge is 0.481 e. The van der Waals surface area contributed by atoms with Gasteiger partial charge in [0.15, 0.2) is 5.13 Å². The molecule has 1 amide bonds. The molecular formula is C24H23ClN2O3S. The standard InChI is InChI=1S/C24H23ClN2O3S/c25-20-12-5-4-11-18(20)21-15-31-24(26-21)27-13-7-6-10-17(16-8-2-1-3-9-16)19(23(27)30)14-22(28)29/h1-5,8-9,11-12,15,17,19H,6-7,10,13-14H2,(H,28,29)/t17-,19+/m1/s1. The maximum absolute atomic E-state index is 13.6. The van der Waals surface area contributed by atoms with E-state index in [1.165, 1.54) is 11.3 Å². The molecule has 1 aromatic heterocycles. The molecular weight excluding hydrogens is 432 g/mol. The molecule has 0 bridgehead atoms. The Morgan fingerprint density at radius 2 is 1.87 bits per heavy atom. The number of anilines is 1. The van der Waals surface area contributed by atoms with Crippen molar-refractivity contribution in [2.75, 3.05) is 11.4 Å². The summed E-state index contributed by atoms with van der Waals surface area (Å²) in [6.45, 7) is 0.534. The molecule has 1 aliphatic rings. The third-order valence-electron chi connectivity index (χ3n) is 5.71. The minimum Gasteiger partial charge on any atom is -0.481 e. The lowest BCUT2D eigenvalue weighted by Crippen LogP contribution is -2.41. The molecule has 2 aromatic carbocycles. The molecule has 0 unspecified atom stereocenters. The van der Waals surface area contributed by atoms with E-state index in [2.05, 4.69) is 0 Å². The Kier molecular flexibility index (Phi) is 6.68. The fraction of sp³-hybridized carbons (Fsp3) is 0.292. The van der Waals surface area contributed by atoms with Gasteiger partial charge in [0.25, 0.3) is 0 Å². The van der Waals surface area contributed by atoms with Crippen LogP contribution in [0.3, 0.4) is 0 Å². The number of thiazole rings is 1. The normalized spacial score (nSPS) is 19.6. The van der Waals surface area contributed by atoms with Crippen LogP contribution in [-0.4, -0.2) is 28.5 Å². The topological polar surface area (TPSA) is 70.5 Å². The number of hydrogen-bond acceptors (Lipinski definition) is 4. The first-order valence-electron chi connectivity index (χ1n) is 10.3. The first kappa shape index (κ1) is 21.5. The van der Waals surface area contributed by atoms with Gasteiger partial charge in [0.05, 0.1) is 18.0 Å². The van der Waals surface area contributed by atoms with Gasteiger partial charge >= 0.3 is 5.97 Å². The third-order valence-corrected chi connectivity index (χ3v) is 6.90. The summed E-state index contributed by atoms with van der Waals surface area (Å²) in [5, 5.41) is 12.6. The van der Waals surface area contributed by atoms with Crippen LogP contribution in [0.15, 0.2) is 60.0 Å². The molecule has 2 atom stereocenters.